The van der Waals surface area contributed by atoms with Gasteiger partial charge in [-0.2, -0.15) is 0 Å². The van der Waals surface area contributed by atoms with E-state index < -0.39 is 0 Å². The van der Waals surface area contributed by atoms with E-state index in [2.05, 4.69) is 29.3 Å². The summed E-state index contributed by atoms with van der Waals surface area (Å²) in [6, 6.07) is 12.5. The van der Waals surface area contributed by atoms with E-state index in [-0.39, 0.29) is 0 Å². The summed E-state index contributed by atoms with van der Waals surface area (Å²) in [5, 5.41) is 2.42. The van der Waals surface area contributed by atoms with Gasteiger partial charge in [0.25, 0.3) is 0 Å². The van der Waals surface area contributed by atoms with Crippen LogP contribution in [0.2, 0.25) is 0 Å². The predicted molar refractivity (Wildman–Crippen MR) is 69.9 cm³/mol. The van der Waals surface area contributed by atoms with E-state index in [1.807, 2.05) is 18.3 Å². The molecule has 0 spiro atoms. The van der Waals surface area contributed by atoms with Crippen molar-refractivity contribution in [3.8, 4) is 0 Å². The van der Waals surface area contributed by atoms with Crippen LogP contribution in [-0.2, 0) is 6.42 Å². The summed E-state index contributed by atoms with van der Waals surface area (Å²) >= 11 is 0. The molecule has 4 rings (SSSR count). The van der Waals surface area contributed by atoms with Crippen molar-refractivity contribution in [1.82, 2.24) is 0 Å². The SMILES string of the molecule is C1=NCCc2cc3c(cc21)oc1ccccc13. The van der Waals surface area contributed by atoms with Gasteiger partial charge in [-0.05, 0) is 35.7 Å². The molecule has 1 aliphatic heterocycles. The van der Waals surface area contributed by atoms with Gasteiger partial charge >= 0.3 is 0 Å². The third kappa shape index (κ3) is 1.24. The Morgan fingerprint density at radius 3 is 2.94 bits per heavy atom. The number of aliphatic imine (C=N–C) groups is 1. The molecule has 1 aliphatic rings. The van der Waals surface area contributed by atoms with Crippen molar-refractivity contribution < 1.29 is 4.42 Å². The number of benzene rings is 2. The second-order valence-electron chi connectivity index (χ2n) is 4.43. The average Bonchev–Trinajstić information content (AvgIpc) is 2.73. The molecule has 0 N–H and O–H groups in total. The molecule has 2 aromatic carbocycles. The zero-order valence-corrected chi connectivity index (χ0v) is 9.31. The van der Waals surface area contributed by atoms with Crippen LogP contribution in [0.25, 0.3) is 21.9 Å². The molecule has 0 aliphatic carbocycles. The molecule has 0 atom stereocenters. The fourth-order valence-electron chi connectivity index (χ4n) is 2.52. The van der Waals surface area contributed by atoms with Crippen molar-refractivity contribution in [3.63, 3.8) is 0 Å². The maximum Gasteiger partial charge on any atom is 0.136 e. The Balaban J connectivity index is 2.16. The molecule has 0 unspecified atom stereocenters. The smallest absolute Gasteiger partial charge is 0.136 e. The maximum absolute atomic E-state index is 5.86. The second-order valence-corrected chi connectivity index (χ2v) is 4.43. The minimum absolute atomic E-state index is 0.897. The highest BCUT2D eigenvalue weighted by atomic mass is 16.3. The fraction of sp³-hybridized carbons (Fsp3) is 0.133. The number of nitrogens with zero attached hydrogens (tertiary/aromatic N) is 1. The van der Waals surface area contributed by atoms with E-state index in [1.54, 1.807) is 0 Å². The number of hydrogen-bond acceptors (Lipinski definition) is 2. The Labute approximate surface area is 98.6 Å². The minimum Gasteiger partial charge on any atom is -0.456 e. The van der Waals surface area contributed by atoms with Crippen LogP contribution in [0.4, 0.5) is 0 Å². The third-order valence-electron chi connectivity index (χ3n) is 3.38. The lowest BCUT2D eigenvalue weighted by Gasteiger charge is -2.08. The first-order valence-corrected chi connectivity index (χ1v) is 5.86. The first kappa shape index (κ1) is 8.99. The van der Waals surface area contributed by atoms with Crippen molar-refractivity contribution in [2.45, 2.75) is 6.42 Å². The molecule has 2 heteroatoms. The van der Waals surface area contributed by atoms with Gasteiger partial charge in [-0.15, -0.1) is 0 Å². The Kier molecular flexibility index (Phi) is 1.69. The van der Waals surface area contributed by atoms with Crippen molar-refractivity contribution in [3.05, 3.63) is 47.5 Å². The highest BCUT2D eigenvalue weighted by Crippen LogP contribution is 2.31. The Hall–Kier alpha value is -2.09. The van der Waals surface area contributed by atoms with E-state index in [1.165, 1.54) is 21.9 Å². The van der Waals surface area contributed by atoms with Crippen LogP contribution in [0.1, 0.15) is 11.1 Å². The van der Waals surface area contributed by atoms with Gasteiger partial charge in [0.2, 0.25) is 0 Å². The lowest BCUT2D eigenvalue weighted by molar-refractivity contribution is 0.668. The molecular formula is C15H11NO. The van der Waals surface area contributed by atoms with Gasteiger partial charge in [-0.3, -0.25) is 4.99 Å². The van der Waals surface area contributed by atoms with E-state index in [0.29, 0.717) is 0 Å². The molecule has 17 heavy (non-hydrogen) atoms. The van der Waals surface area contributed by atoms with E-state index in [4.69, 9.17) is 4.42 Å². The molecule has 82 valence electrons. The normalized spacial score (nSPS) is 14.4. The van der Waals surface area contributed by atoms with Gasteiger partial charge in [-0.1, -0.05) is 18.2 Å². The van der Waals surface area contributed by atoms with Gasteiger partial charge in [0.1, 0.15) is 11.2 Å². The molecule has 0 saturated carbocycles. The van der Waals surface area contributed by atoms with Crippen molar-refractivity contribution in [1.29, 1.82) is 0 Å². The number of rotatable bonds is 0. The summed E-state index contributed by atoms with van der Waals surface area (Å²) in [7, 11) is 0. The molecular weight excluding hydrogens is 210 g/mol. The van der Waals surface area contributed by atoms with E-state index in [0.717, 1.165) is 24.1 Å². The first-order chi connectivity index (χ1) is 8.42. The van der Waals surface area contributed by atoms with Crippen LogP contribution in [0, 0.1) is 0 Å². The van der Waals surface area contributed by atoms with Crippen LogP contribution in [0.5, 0.6) is 0 Å². The minimum atomic E-state index is 0.897. The number of furan rings is 1. The highest BCUT2D eigenvalue weighted by molar-refractivity contribution is 6.06. The summed E-state index contributed by atoms with van der Waals surface area (Å²) in [6.07, 6.45) is 2.98. The molecule has 2 nitrogen and oxygen atoms in total. The average molecular weight is 221 g/mol. The molecule has 0 bridgehead atoms. The number of para-hydroxylation sites is 1. The Bertz CT molecular complexity index is 752. The summed E-state index contributed by atoms with van der Waals surface area (Å²) < 4.78 is 5.86. The molecule has 1 aromatic heterocycles. The Morgan fingerprint density at radius 1 is 1.00 bits per heavy atom. The van der Waals surface area contributed by atoms with Gasteiger partial charge in [-0.25, -0.2) is 0 Å². The van der Waals surface area contributed by atoms with Crippen molar-refractivity contribution in [2.24, 2.45) is 4.99 Å². The summed E-state index contributed by atoms with van der Waals surface area (Å²) in [6.45, 7) is 0.897. The van der Waals surface area contributed by atoms with Crippen LogP contribution in [-0.4, -0.2) is 12.8 Å². The van der Waals surface area contributed by atoms with Crippen LogP contribution in [0.15, 0.2) is 45.8 Å². The standard InChI is InChI=1S/C15H11NO/c1-2-4-14-12(3-1)13-7-10-5-6-16-9-11(10)8-15(13)17-14/h1-4,7-9H,5-6H2. The van der Waals surface area contributed by atoms with Gasteiger partial charge < -0.3 is 4.42 Å². The zero-order chi connectivity index (χ0) is 11.2. The molecule has 2 heterocycles. The number of fused-ring (bicyclic) bond motifs is 4. The van der Waals surface area contributed by atoms with Crippen LogP contribution < -0.4 is 0 Å². The fourth-order valence-corrected chi connectivity index (χ4v) is 2.52. The monoisotopic (exact) mass is 221 g/mol. The molecule has 3 aromatic rings. The summed E-state index contributed by atoms with van der Waals surface area (Å²) in [5.74, 6) is 0. The Morgan fingerprint density at radius 2 is 1.94 bits per heavy atom. The van der Waals surface area contributed by atoms with Crippen LogP contribution >= 0.6 is 0 Å². The summed E-state index contributed by atoms with van der Waals surface area (Å²) in [4.78, 5) is 4.31. The molecule has 0 radical (unpaired) electrons. The third-order valence-corrected chi connectivity index (χ3v) is 3.38. The molecule has 0 saturated heterocycles. The molecule has 0 fully saturated rings. The maximum atomic E-state index is 5.86. The van der Waals surface area contributed by atoms with E-state index >= 15 is 0 Å². The lowest BCUT2D eigenvalue weighted by Crippen LogP contribution is -2.02. The van der Waals surface area contributed by atoms with Gasteiger partial charge in [0, 0.05) is 23.5 Å². The topological polar surface area (TPSA) is 25.5 Å². The zero-order valence-electron chi connectivity index (χ0n) is 9.31. The predicted octanol–water partition coefficient (Wildman–Crippen LogP) is 3.56. The van der Waals surface area contributed by atoms with Gasteiger partial charge in [0.05, 0.1) is 0 Å². The van der Waals surface area contributed by atoms with Crippen molar-refractivity contribution in [2.75, 3.05) is 6.54 Å². The van der Waals surface area contributed by atoms with Gasteiger partial charge in [0.15, 0.2) is 0 Å². The second kappa shape index (κ2) is 3.20. The lowest BCUT2D eigenvalue weighted by atomic mass is 10.00. The quantitative estimate of drug-likeness (QED) is 0.569. The first-order valence-electron chi connectivity index (χ1n) is 5.86. The highest BCUT2D eigenvalue weighted by Gasteiger charge is 2.11. The van der Waals surface area contributed by atoms with Crippen LogP contribution in [0.3, 0.4) is 0 Å². The number of hydrogen-bond donors (Lipinski definition) is 0. The van der Waals surface area contributed by atoms with Crippen molar-refractivity contribution >= 4 is 28.2 Å². The van der Waals surface area contributed by atoms with E-state index in [9.17, 15) is 0 Å². The molecule has 0 amide bonds. The largest absolute Gasteiger partial charge is 0.456 e. The summed E-state index contributed by atoms with van der Waals surface area (Å²) in [5.41, 5.74) is 4.49.